The van der Waals surface area contributed by atoms with E-state index in [1.165, 1.54) is 18.7 Å². The van der Waals surface area contributed by atoms with Crippen LogP contribution in [0, 0.1) is 0 Å². The molecule has 2 amide bonds. The number of thioether (sulfide) groups is 1. The molecule has 2 unspecified atom stereocenters. The number of nitrogens with one attached hydrogen (secondary N) is 1. The highest BCUT2D eigenvalue weighted by atomic mass is 32.2. The molecule has 5 rings (SSSR count). The van der Waals surface area contributed by atoms with Crippen LogP contribution in [0.5, 0.6) is 0 Å². The first-order valence-corrected chi connectivity index (χ1v) is 11.1. The molecule has 3 aromatic carbocycles. The first-order valence-electron chi connectivity index (χ1n) is 10.3. The summed E-state index contributed by atoms with van der Waals surface area (Å²) in [4.78, 5) is 42.3. The van der Waals surface area contributed by atoms with Gasteiger partial charge in [0.25, 0.3) is 5.91 Å². The average Bonchev–Trinajstić information content (AvgIpc) is 3.20. The quantitative estimate of drug-likeness (QED) is 0.606. The predicted octanol–water partition coefficient (Wildman–Crippen LogP) is 4.52. The molecular formula is C26H20N2O3S. The Morgan fingerprint density at radius 1 is 0.875 bits per heavy atom. The molecule has 158 valence electrons. The molecule has 0 fully saturated rings. The van der Waals surface area contributed by atoms with Crippen LogP contribution in [-0.2, 0) is 9.59 Å². The number of amides is 2. The molecular weight excluding hydrogens is 420 g/mol. The van der Waals surface area contributed by atoms with Gasteiger partial charge in [-0.2, -0.15) is 0 Å². The van der Waals surface area contributed by atoms with Crippen LogP contribution >= 0.6 is 11.8 Å². The van der Waals surface area contributed by atoms with Gasteiger partial charge >= 0.3 is 0 Å². The maximum Gasteiger partial charge on any atom is 0.255 e. The molecule has 2 atom stereocenters. The second-order valence-electron chi connectivity index (χ2n) is 7.72. The summed E-state index contributed by atoms with van der Waals surface area (Å²) >= 11 is 1.43. The molecule has 0 radical (unpaired) electrons. The van der Waals surface area contributed by atoms with Gasteiger partial charge in [0.1, 0.15) is 6.04 Å². The third-order valence-corrected chi connectivity index (χ3v) is 6.84. The van der Waals surface area contributed by atoms with Crippen molar-refractivity contribution in [3.05, 3.63) is 107 Å². The SMILES string of the molecule is CC(=O)NC1C(=O)N2C(=C(C(=O)c3ccccc3)C1c1ccccc1)Sc1ccccc12. The minimum atomic E-state index is -0.895. The number of para-hydroxylation sites is 1. The minimum Gasteiger partial charge on any atom is -0.344 e. The number of ketones is 1. The number of Topliss-reactive ketones (excluding diaryl/α,β-unsaturated/α-hetero) is 1. The van der Waals surface area contributed by atoms with Crippen LogP contribution in [0.25, 0.3) is 0 Å². The van der Waals surface area contributed by atoms with Gasteiger partial charge in [-0.25, -0.2) is 0 Å². The van der Waals surface area contributed by atoms with Crippen LogP contribution < -0.4 is 10.2 Å². The number of carbonyl (C=O) groups excluding carboxylic acids is 3. The predicted molar refractivity (Wildman–Crippen MR) is 124 cm³/mol. The van der Waals surface area contributed by atoms with E-state index in [2.05, 4.69) is 5.32 Å². The van der Waals surface area contributed by atoms with E-state index in [0.717, 1.165) is 16.1 Å². The van der Waals surface area contributed by atoms with Crippen molar-refractivity contribution in [1.82, 2.24) is 5.32 Å². The third kappa shape index (κ3) is 3.33. The Labute approximate surface area is 190 Å². The number of rotatable bonds is 4. The standard InChI is InChI=1S/C26H20N2O3S/c1-16(29)27-23-21(17-10-4-2-5-11-17)22(24(30)18-12-6-3-7-13-18)26-28(25(23)31)19-14-8-9-15-20(19)32-26/h2-15,21,23H,1H3,(H,27,29). The highest BCUT2D eigenvalue weighted by molar-refractivity contribution is 8.03. The Kier molecular flexibility index (Phi) is 5.15. The first-order chi connectivity index (χ1) is 15.6. The zero-order valence-corrected chi connectivity index (χ0v) is 18.1. The molecule has 5 nitrogen and oxygen atoms in total. The summed E-state index contributed by atoms with van der Waals surface area (Å²) in [5.41, 5.74) is 2.60. The van der Waals surface area contributed by atoms with Gasteiger partial charge in [0, 0.05) is 28.9 Å². The minimum absolute atomic E-state index is 0.150. The van der Waals surface area contributed by atoms with E-state index in [0.29, 0.717) is 16.2 Å². The second-order valence-corrected chi connectivity index (χ2v) is 8.75. The topological polar surface area (TPSA) is 66.5 Å². The van der Waals surface area contributed by atoms with Crippen molar-refractivity contribution in [2.45, 2.75) is 23.8 Å². The fourth-order valence-corrected chi connectivity index (χ4v) is 5.56. The molecule has 0 saturated carbocycles. The molecule has 0 saturated heterocycles. The van der Waals surface area contributed by atoms with Gasteiger partial charge in [0.05, 0.1) is 10.7 Å². The molecule has 6 heteroatoms. The Bertz CT molecular complexity index is 1250. The van der Waals surface area contributed by atoms with Crippen molar-refractivity contribution < 1.29 is 14.4 Å². The van der Waals surface area contributed by atoms with E-state index in [9.17, 15) is 14.4 Å². The second kappa shape index (κ2) is 8.13. The molecule has 2 aliphatic rings. The monoisotopic (exact) mass is 440 g/mol. The van der Waals surface area contributed by atoms with Gasteiger partial charge in [-0.3, -0.25) is 19.3 Å². The molecule has 0 spiro atoms. The fraction of sp³-hybridized carbons (Fsp3) is 0.115. The first kappa shape index (κ1) is 20.3. The summed E-state index contributed by atoms with van der Waals surface area (Å²) in [5, 5.41) is 3.45. The summed E-state index contributed by atoms with van der Waals surface area (Å²) in [6, 6.07) is 25.2. The van der Waals surface area contributed by atoms with Crippen molar-refractivity contribution in [1.29, 1.82) is 0 Å². The van der Waals surface area contributed by atoms with Crippen molar-refractivity contribution in [3.8, 4) is 0 Å². The van der Waals surface area contributed by atoms with Gasteiger partial charge in [-0.1, -0.05) is 84.6 Å². The lowest BCUT2D eigenvalue weighted by Gasteiger charge is -2.38. The van der Waals surface area contributed by atoms with Crippen LogP contribution in [0.15, 0.2) is 100 Å². The zero-order chi connectivity index (χ0) is 22.2. The molecule has 32 heavy (non-hydrogen) atoms. The van der Waals surface area contributed by atoms with Crippen LogP contribution in [-0.4, -0.2) is 23.6 Å². The number of fused-ring (bicyclic) bond motifs is 3. The van der Waals surface area contributed by atoms with Gasteiger partial charge in [-0.15, -0.1) is 0 Å². The molecule has 0 aromatic heterocycles. The molecule has 3 aromatic rings. The molecule has 2 heterocycles. The summed E-state index contributed by atoms with van der Waals surface area (Å²) in [5.74, 6) is -1.32. The summed E-state index contributed by atoms with van der Waals surface area (Å²) in [6.07, 6.45) is 0. The molecule has 0 bridgehead atoms. The van der Waals surface area contributed by atoms with Crippen molar-refractivity contribution in [2.24, 2.45) is 0 Å². The zero-order valence-electron chi connectivity index (χ0n) is 17.3. The summed E-state index contributed by atoms with van der Waals surface area (Å²) in [6.45, 7) is 1.39. The van der Waals surface area contributed by atoms with E-state index in [-0.39, 0.29) is 17.6 Å². The summed E-state index contributed by atoms with van der Waals surface area (Å²) in [7, 11) is 0. The van der Waals surface area contributed by atoms with Crippen LogP contribution in [0.2, 0.25) is 0 Å². The van der Waals surface area contributed by atoms with E-state index in [4.69, 9.17) is 0 Å². The Balaban J connectivity index is 1.78. The van der Waals surface area contributed by atoms with Crippen molar-refractivity contribution in [2.75, 3.05) is 4.90 Å². The number of nitrogens with zero attached hydrogens (tertiary/aromatic N) is 1. The van der Waals surface area contributed by atoms with E-state index in [1.807, 2.05) is 72.8 Å². The number of carbonyl (C=O) groups is 3. The lowest BCUT2D eigenvalue weighted by atomic mass is 9.79. The molecule has 0 aliphatic carbocycles. The summed E-state index contributed by atoms with van der Waals surface area (Å²) < 4.78 is 0. The lowest BCUT2D eigenvalue weighted by molar-refractivity contribution is -0.126. The highest BCUT2D eigenvalue weighted by Gasteiger charge is 2.49. The highest BCUT2D eigenvalue weighted by Crippen LogP contribution is 2.53. The van der Waals surface area contributed by atoms with E-state index >= 15 is 0 Å². The van der Waals surface area contributed by atoms with Gasteiger partial charge in [0.2, 0.25) is 5.91 Å². The normalized spacial score (nSPS) is 19.4. The smallest absolute Gasteiger partial charge is 0.255 e. The van der Waals surface area contributed by atoms with Crippen LogP contribution in [0.3, 0.4) is 0 Å². The van der Waals surface area contributed by atoms with Gasteiger partial charge in [-0.05, 0) is 17.7 Å². The van der Waals surface area contributed by atoms with Crippen LogP contribution in [0.4, 0.5) is 5.69 Å². The van der Waals surface area contributed by atoms with Crippen LogP contribution in [0.1, 0.15) is 28.8 Å². The van der Waals surface area contributed by atoms with Crippen molar-refractivity contribution >= 4 is 35.0 Å². The van der Waals surface area contributed by atoms with Gasteiger partial charge < -0.3 is 5.32 Å². The maximum absolute atomic E-state index is 13.9. The van der Waals surface area contributed by atoms with E-state index < -0.39 is 12.0 Å². The third-order valence-electron chi connectivity index (χ3n) is 5.68. The van der Waals surface area contributed by atoms with E-state index in [1.54, 1.807) is 17.0 Å². The lowest BCUT2D eigenvalue weighted by Crippen LogP contribution is -2.54. The Morgan fingerprint density at radius 2 is 1.50 bits per heavy atom. The largest absolute Gasteiger partial charge is 0.344 e. The molecule has 1 N–H and O–H groups in total. The fourth-order valence-electron chi connectivity index (χ4n) is 4.33. The number of hydrogen-bond donors (Lipinski definition) is 1. The van der Waals surface area contributed by atoms with Crippen molar-refractivity contribution in [3.63, 3.8) is 0 Å². The Morgan fingerprint density at radius 3 is 2.19 bits per heavy atom. The number of benzene rings is 3. The Hall–Kier alpha value is -3.64. The average molecular weight is 441 g/mol. The number of hydrogen-bond acceptors (Lipinski definition) is 4. The maximum atomic E-state index is 13.9. The number of anilines is 1. The van der Waals surface area contributed by atoms with Gasteiger partial charge in [0.15, 0.2) is 5.78 Å². The molecule has 2 aliphatic heterocycles.